The lowest BCUT2D eigenvalue weighted by atomic mass is 9.93. The molecular formula is C69H54N4. The van der Waals surface area contributed by atoms with Crippen LogP contribution in [0.1, 0.15) is 31.2 Å². The molecule has 11 rings (SSSR count). The number of allylic oxidation sites excluding steroid dienone is 8. The Bertz CT molecular complexity index is 3570. The molecule has 4 nitrogen and oxygen atoms in total. The Morgan fingerprint density at radius 1 is 0.411 bits per heavy atom. The van der Waals surface area contributed by atoms with Crippen LogP contribution in [0.2, 0.25) is 0 Å². The number of nitrogens with zero attached hydrogens (tertiary/aromatic N) is 4. The van der Waals surface area contributed by atoms with Gasteiger partial charge in [-0.05, 0) is 87.7 Å². The van der Waals surface area contributed by atoms with Gasteiger partial charge in [0.25, 0.3) is 0 Å². The number of aromatic nitrogens is 4. The second-order valence-electron chi connectivity index (χ2n) is 18.1. The Balaban J connectivity index is 1.17. The molecule has 2 aromatic heterocycles. The lowest BCUT2D eigenvalue weighted by molar-refractivity contribution is 0.763. The van der Waals surface area contributed by atoms with Gasteiger partial charge in [-0.1, -0.05) is 250 Å². The highest BCUT2D eigenvalue weighted by Gasteiger charge is 2.22. The van der Waals surface area contributed by atoms with Crippen molar-refractivity contribution in [2.24, 2.45) is 0 Å². The summed E-state index contributed by atoms with van der Waals surface area (Å²) in [5.41, 5.74) is 16.7. The van der Waals surface area contributed by atoms with Gasteiger partial charge in [0.2, 0.25) is 0 Å². The fraction of sp³-hybridized carbons (Fsp3) is 0.0580. The van der Waals surface area contributed by atoms with Crippen molar-refractivity contribution < 1.29 is 0 Å². The molecule has 0 saturated carbocycles. The van der Waals surface area contributed by atoms with E-state index in [1.54, 1.807) is 0 Å². The molecule has 0 aliphatic carbocycles. The molecule has 0 atom stereocenters. The Labute approximate surface area is 428 Å². The first-order chi connectivity index (χ1) is 36.2. The van der Waals surface area contributed by atoms with E-state index >= 15 is 0 Å². The van der Waals surface area contributed by atoms with E-state index in [-0.39, 0.29) is 0 Å². The largest absolute Gasteiger partial charge is 0.339 e. The topological polar surface area (TPSA) is 43.6 Å². The number of hydrogen-bond acceptors (Lipinski definition) is 3. The van der Waals surface area contributed by atoms with Crippen LogP contribution in [0.5, 0.6) is 0 Å². The zero-order chi connectivity index (χ0) is 49.2. The van der Waals surface area contributed by atoms with E-state index in [0.29, 0.717) is 30.4 Å². The first-order valence-electron chi connectivity index (χ1n) is 25.2. The highest BCUT2D eigenvalue weighted by Crippen LogP contribution is 2.45. The predicted molar refractivity (Wildman–Crippen MR) is 307 cm³/mol. The summed E-state index contributed by atoms with van der Waals surface area (Å²) >= 11 is 0. The zero-order valence-corrected chi connectivity index (χ0v) is 40.9. The third-order valence-corrected chi connectivity index (χ3v) is 13.3. The molecule has 11 aromatic rings. The van der Waals surface area contributed by atoms with Gasteiger partial charge in [0, 0.05) is 45.1 Å². The van der Waals surface area contributed by atoms with Gasteiger partial charge in [-0.25, -0.2) is 15.0 Å². The molecule has 0 spiro atoms. The summed E-state index contributed by atoms with van der Waals surface area (Å²) in [5.74, 6) is 1.85. The summed E-state index contributed by atoms with van der Waals surface area (Å²) in [6.45, 7) is 2.83. The summed E-state index contributed by atoms with van der Waals surface area (Å²) in [6, 6.07) is 83.9. The Hall–Kier alpha value is -9.25. The maximum atomic E-state index is 5.31. The van der Waals surface area contributed by atoms with E-state index in [1.807, 2.05) is 36.4 Å². The molecule has 0 saturated heterocycles. The highest BCUT2D eigenvalue weighted by atomic mass is 15.0. The van der Waals surface area contributed by atoms with Crippen LogP contribution in [0, 0.1) is 0 Å². The van der Waals surface area contributed by atoms with Crippen molar-refractivity contribution in [2.45, 2.75) is 26.3 Å². The molecule has 0 aliphatic heterocycles. The van der Waals surface area contributed by atoms with E-state index in [0.717, 1.165) is 34.3 Å². The maximum absolute atomic E-state index is 5.31. The van der Waals surface area contributed by atoms with Crippen molar-refractivity contribution in [1.29, 1.82) is 0 Å². The average molecular weight is 939 g/mol. The van der Waals surface area contributed by atoms with Gasteiger partial charge >= 0.3 is 0 Å². The monoisotopic (exact) mass is 938 g/mol. The molecule has 0 amide bonds. The first-order valence-corrected chi connectivity index (χ1v) is 25.2. The molecule has 350 valence electrons. The average Bonchev–Trinajstić information content (AvgIpc) is 3.79. The first kappa shape index (κ1) is 46.2. The van der Waals surface area contributed by atoms with Crippen molar-refractivity contribution in [1.82, 2.24) is 19.5 Å². The van der Waals surface area contributed by atoms with Crippen LogP contribution in [0.4, 0.5) is 0 Å². The van der Waals surface area contributed by atoms with Crippen LogP contribution >= 0.6 is 0 Å². The molecule has 9 aromatic carbocycles. The standard InChI is InChI=1S/C69H54N4/c1-2-3-4-12-42-57(50-28-13-5-14-29-50)45-58(69-71-67(55-38-23-10-24-39-55)70-68(72-69)56-40-25-11-26-41-56)43-27-44-73-65-61(53-34-19-8-20-35-53)46-59(51-30-15-6-16-31-51)48-63(65)64-49-60(52-32-17-7-18-33-52)47-62(66(64)73)54-36-21-9-22-37-54/h3-26,28-43,45-49H,2,27,44H2,1H3/b4-3-,42-12-,57-45+,58-43+. The second-order valence-corrected chi connectivity index (χ2v) is 18.1. The van der Waals surface area contributed by atoms with Gasteiger partial charge < -0.3 is 4.57 Å². The fourth-order valence-corrected chi connectivity index (χ4v) is 9.77. The van der Waals surface area contributed by atoms with Crippen LogP contribution in [0.25, 0.3) is 100 Å². The Morgan fingerprint density at radius 2 is 0.822 bits per heavy atom. The molecule has 0 N–H and O–H groups in total. The Morgan fingerprint density at radius 3 is 1.26 bits per heavy atom. The SMILES string of the molecule is CC\C=C/C=C\C(=C/C(=C\CCn1c2c(-c3ccccc3)cc(-c3ccccc3)cc2c2cc(-c3ccccc3)cc(-c3ccccc3)c21)c1nc(-c2ccccc2)nc(-c2ccccc2)n1)c1ccccc1. The molecule has 4 heteroatoms. The predicted octanol–water partition coefficient (Wildman–Crippen LogP) is 18.1. The third-order valence-electron chi connectivity index (χ3n) is 13.3. The number of aryl methyl sites for hydroxylation is 1. The van der Waals surface area contributed by atoms with E-state index in [4.69, 9.17) is 15.0 Å². The Kier molecular flexibility index (Phi) is 13.8. The summed E-state index contributed by atoms with van der Waals surface area (Å²) in [6.07, 6.45) is 14.8. The normalized spacial score (nSPS) is 12.1. The van der Waals surface area contributed by atoms with Crippen LogP contribution in [-0.2, 0) is 6.54 Å². The molecule has 0 bridgehead atoms. The fourth-order valence-electron chi connectivity index (χ4n) is 9.77. The summed E-state index contributed by atoms with van der Waals surface area (Å²) in [4.78, 5) is 15.7. The number of benzene rings is 9. The van der Waals surface area contributed by atoms with Gasteiger partial charge in [-0.3, -0.25) is 0 Å². The zero-order valence-electron chi connectivity index (χ0n) is 40.9. The van der Waals surface area contributed by atoms with Crippen molar-refractivity contribution >= 4 is 33.0 Å². The molecule has 2 heterocycles. The third kappa shape index (κ3) is 10.2. The van der Waals surface area contributed by atoms with Crippen molar-refractivity contribution in [2.75, 3.05) is 0 Å². The lowest BCUT2D eigenvalue weighted by Gasteiger charge is -2.15. The van der Waals surface area contributed by atoms with Gasteiger partial charge in [-0.2, -0.15) is 0 Å². The molecular weight excluding hydrogens is 885 g/mol. The van der Waals surface area contributed by atoms with E-state index in [2.05, 4.69) is 248 Å². The minimum absolute atomic E-state index is 0.607. The lowest BCUT2D eigenvalue weighted by Crippen LogP contribution is -2.04. The van der Waals surface area contributed by atoms with E-state index < -0.39 is 0 Å². The van der Waals surface area contributed by atoms with Crippen LogP contribution in [-0.4, -0.2) is 19.5 Å². The van der Waals surface area contributed by atoms with E-state index in [9.17, 15) is 0 Å². The summed E-state index contributed by atoms with van der Waals surface area (Å²) in [5, 5.41) is 2.42. The van der Waals surface area contributed by atoms with Crippen molar-refractivity contribution in [3.8, 4) is 67.3 Å². The van der Waals surface area contributed by atoms with Gasteiger partial charge in [-0.15, -0.1) is 0 Å². The van der Waals surface area contributed by atoms with Crippen LogP contribution in [0.15, 0.2) is 273 Å². The summed E-state index contributed by atoms with van der Waals surface area (Å²) < 4.78 is 2.59. The minimum atomic E-state index is 0.607. The minimum Gasteiger partial charge on any atom is -0.339 e. The van der Waals surface area contributed by atoms with Gasteiger partial charge in [0.1, 0.15) is 0 Å². The molecule has 73 heavy (non-hydrogen) atoms. The van der Waals surface area contributed by atoms with Crippen molar-refractivity contribution in [3.05, 3.63) is 284 Å². The molecule has 0 fully saturated rings. The molecule has 0 aliphatic rings. The molecule has 0 unspecified atom stereocenters. The number of hydrogen-bond donors (Lipinski definition) is 0. The number of fused-ring (bicyclic) bond motifs is 3. The number of rotatable bonds is 15. The maximum Gasteiger partial charge on any atom is 0.164 e. The highest BCUT2D eigenvalue weighted by molar-refractivity contribution is 6.18. The van der Waals surface area contributed by atoms with Gasteiger partial charge in [0.05, 0.1) is 11.0 Å². The second kappa shape index (κ2) is 21.8. The van der Waals surface area contributed by atoms with Crippen molar-refractivity contribution in [3.63, 3.8) is 0 Å². The smallest absolute Gasteiger partial charge is 0.164 e. The van der Waals surface area contributed by atoms with Gasteiger partial charge in [0.15, 0.2) is 17.5 Å². The van der Waals surface area contributed by atoms with E-state index in [1.165, 1.54) is 66.3 Å². The molecule has 0 radical (unpaired) electrons. The summed E-state index contributed by atoms with van der Waals surface area (Å²) in [7, 11) is 0. The van der Waals surface area contributed by atoms with Crippen LogP contribution < -0.4 is 0 Å². The van der Waals surface area contributed by atoms with Crippen LogP contribution in [0.3, 0.4) is 0 Å². The quantitative estimate of drug-likeness (QED) is 0.0962.